The molecule has 0 bridgehead atoms. The molecule has 0 unspecified atom stereocenters. The highest BCUT2D eigenvalue weighted by Gasteiger charge is 2.09. The Bertz CT molecular complexity index is 645. The van der Waals surface area contributed by atoms with Gasteiger partial charge in [0, 0.05) is 12.7 Å². The van der Waals surface area contributed by atoms with Gasteiger partial charge >= 0.3 is 0 Å². The number of amides is 1. The number of hydrazine groups is 1. The van der Waals surface area contributed by atoms with Crippen LogP contribution >= 0.6 is 11.6 Å². The molecule has 110 valence electrons. The molecule has 0 fully saturated rings. The van der Waals surface area contributed by atoms with Gasteiger partial charge in [0.15, 0.2) is 5.82 Å². The molecule has 0 atom stereocenters. The number of carbonyl (C=O) groups excluding carboxylic acids is 1. The number of hydrogen-bond donors (Lipinski definition) is 3. The van der Waals surface area contributed by atoms with Gasteiger partial charge in [-0.25, -0.2) is 10.8 Å². The Labute approximate surface area is 128 Å². The largest absolute Gasteiger partial charge is 0.352 e. The molecule has 0 saturated carbocycles. The van der Waals surface area contributed by atoms with Crippen LogP contribution in [0.25, 0.3) is 0 Å². The normalized spacial score (nSPS) is 10.2. The van der Waals surface area contributed by atoms with E-state index in [1.54, 1.807) is 0 Å². The van der Waals surface area contributed by atoms with Crippen LogP contribution in [-0.2, 0) is 6.42 Å². The summed E-state index contributed by atoms with van der Waals surface area (Å²) in [5.74, 6) is 5.37. The molecule has 0 aliphatic rings. The Hall–Kier alpha value is -2.11. The van der Waals surface area contributed by atoms with Crippen LogP contribution in [0.3, 0.4) is 0 Å². The van der Waals surface area contributed by atoms with Crippen LogP contribution in [-0.4, -0.2) is 17.4 Å². The van der Waals surface area contributed by atoms with Crippen LogP contribution in [0, 0.1) is 6.92 Å². The monoisotopic (exact) mass is 304 g/mol. The average Bonchev–Trinajstić information content (AvgIpc) is 2.47. The molecule has 21 heavy (non-hydrogen) atoms. The van der Waals surface area contributed by atoms with E-state index in [4.69, 9.17) is 17.4 Å². The first kappa shape index (κ1) is 15.3. The third-order valence-corrected chi connectivity index (χ3v) is 3.31. The summed E-state index contributed by atoms with van der Waals surface area (Å²) in [6.45, 7) is 2.60. The maximum absolute atomic E-state index is 12.0. The molecule has 2 aromatic rings. The molecule has 1 aromatic heterocycles. The van der Waals surface area contributed by atoms with Crippen LogP contribution in [0.2, 0.25) is 5.02 Å². The molecule has 4 N–H and O–H groups in total. The van der Waals surface area contributed by atoms with E-state index in [0.29, 0.717) is 22.9 Å². The molecule has 0 radical (unpaired) electrons. The van der Waals surface area contributed by atoms with E-state index in [9.17, 15) is 4.79 Å². The Kier molecular flexibility index (Phi) is 5.14. The van der Waals surface area contributed by atoms with Crippen LogP contribution < -0.4 is 16.6 Å². The molecule has 0 aliphatic heterocycles. The number of pyridine rings is 1. The van der Waals surface area contributed by atoms with Crippen molar-refractivity contribution >= 4 is 23.3 Å². The van der Waals surface area contributed by atoms with Gasteiger partial charge in [0.2, 0.25) is 0 Å². The van der Waals surface area contributed by atoms with Gasteiger partial charge in [0.25, 0.3) is 5.91 Å². The summed E-state index contributed by atoms with van der Waals surface area (Å²) in [6.07, 6.45) is 2.21. The minimum atomic E-state index is -0.208. The molecule has 6 heteroatoms. The predicted molar refractivity (Wildman–Crippen MR) is 84.3 cm³/mol. The van der Waals surface area contributed by atoms with Gasteiger partial charge < -0.3 is 10.7 Å². The molecular formula is C15H17ClN4O. The number of carbonyl (C=O) groups is 1. The molecule has 1 aromatic carbocycles. The van der Waals surface area contributed by atoms with Gasteiger partial charge in [-0.1, -0.05) is 41.4 Å². The summed E-state index contributed by atoms with van der Waals surface area (Å²) in [6, 6.07) is 9.73. The summed E-state index contributed by atoms with van der Waals surface area (Å²) in [7, 11) is 0. The second-order valence-corrected chi connectivity index (χ2v) is 5.10. The lowest BCUT2D eigenvalue weighted by Crippen LogP contribution is -2.26. The number of nitrogens with two attached hydrogens (primary N) is 1. The van der Waals surface area contributed by atoms with Gasteiger partial charge in [-0.2, -0.15) is 0 Å². The lowest BCUT2D eigenvalue weighted by atomic mass is 10.1. The maximum Gasteiger partial charge on any atom is 0.252 e. The van der Waals surface area contributed by atoms with Crippen molar-refractivity contribution in [3.8, 4) is 0 Å². The number of nitrogens with one attached hydrogen (secondary N) is 2. The summed E-state index contributed by atoms with van der Waals surface area (Å²) in [5.41, 5.74) is 5.16. The fraction of sp³-hybridized carbons (Fsp3) is 0.200. The van der Waals surface area contributed by atoms with Crippen molar-refractivity contribution in [2.75, 3.05) is 12.0 Å². The number of rotatable bonds is 5. The minimum absolute atomic E-state index is 0.208. The van der Waals surface area contributed by atoms with Gasteiger partial charge in [-0.05, 0) is 25.0 Å². The zero-order valence-electron chi connectivity index (χ0n) is 11.7. The smallest absolute Gasteiger partial charge is 0.252 e. The molecule has 0 saturated heterocycles. The second-order valence-electron chi connectivity index (χ2n) is 4.69. The number of aryl methyl sites for hydroxylation is 1. The van der Waals surface area contributed by atoms with Crippen molar-refractivity contribution in [1.29, 1.82) is 0 Å². The van der Waals surface area contributed by atoms with Crippen molar-refractivity contribution in [3.05, 3.63) is 58.2 Å². The number of halogens is 1. The van der Waals surface area contributed by atoms with E-state index in [2.05, 4.69) is 21.8 Å². The fourth-order valence-corrected chi connectivity index (χ4v) is 2.18. The summed E-state index contributed by atoms with van der Waals surface area (Å²) >= 11 is 5.94. The first-order chi connectivity index (χ1) is 10.1. The highest BCUT2D eigenvalue weighted by atomic mass is 35.5. The van der Waals surface area contributed by atoms with Crippen molar-refractivity contribution in [3.63, 3.8) is 0 Å². The number of nitrogen functional groups attached to an aromatic ring is 1. The van der Waals surface area contributed by atoms with E-state index in [0.717, 1.165) is 6.42 Å². The van der Waals surface area contributed by atoms with Crippen LogP contribution in [0.15, 0.2) is 36.5 Å². The Morgan fingerprint density at radius 3 is 2.86 bits per heavy atom. The highest BCUT2D eigenvalue weighted by Crippen LogP contribution is 2.18. The number of benzene rings is 1. The number of aromatic nitrogens is 1. The van der Waals surface area contributed by atoms with Gasteiger partial charge in [-0.15, -0.1) is 0 Å². The lowest BCUT2D eigenvalue weighted by molar-refractivity contribution is 0.0954. The Balaban J connectivity index is 1.91. The third kappa shape index (κ3) is 4.18. The third-order valence-electron chi connectivity index (χ3n) is 3.02. The van der Waals surface area contributed by atoms with Gasteiger partial charge in [0.1, 0.15) is 0 Å². The summed E-state index contributed by atoms with van der Waals surface area (Å²) in [4.78, 5) is 16.0. The van der Waals surface area contributed by atoms with Gasteiger partial charge in [-0.3, -0.25) is 4.79 Å². The SMILES string of the molecule is Cc1cccc(CCNC(=O)c2cnc(NN)c(Cl)c2)c1. The zero-order valence-corrected chi connectivity index (χ0v) is 12.4. The molecule has 0 spiro atoms. The molecular weight excluding hydrogens is 288 g/mol. The summed E-state index contributed by atoms with van der Waals surface area (Å²) < 4.78 is 0. The molecule has 1 heterocycles. The van der Waals surface area contributed by atoms with E-state index in [1.807, 2.05) is 25.1 Å². The van der Waals surface area contributed by atoms with Crippen molar-refractivity contribution < 1.29 is 4.79 Å². The molecule has 5 nitrogen and oxygen atoms in total. The Morgan fingerprint density at radius 1 is 1.38 bits per heavy atom. The summed E-state index contributed by atoms with van der Waals surface area (Å²) in [5, 5.41) is 3.15. The second kappa shape index (κ2) is 7.06. The van der Waals surface area contributed by atoms with Crippen molar-refractivity contribution in [1.82, 2.24) is 10.3 Å². The van der Waals surface area contributed by atoms with E-state index >= 15 is 0 Å². The topological polar surface area (TPSA) is 80.0 Å². The molecule has 1 amide bonds. The fourth-order valence-electron chi connectivity index (χ4n) is 1.96. The van der Waals surface area contributed by atoms with Crippen LogP contribution in [0.1, 0.15) is 21.5 Å². The number of anilines is 1. The van der Waals surface area contributed by atoms with Crippen molar-refractivity contribution in [2.45, 2.75) is 13.3 Å². The first-order valence-corrected chi connectivity index (χ1v) is 6.94. The van der Waals surface area contributed by atoms with E-state index < -0.39 is 0 Å². The quantitative estimate of drug-likeness (QED) is 0.585. The van der Waals surface area contributed by atoms with E-state index in [1.165, 1.54) is 23.4 Å². The maximum atomic E-state index is 12.0. The molecule has 0 aliphatic carbocycles. The highest BCUT2D eigenvalue weighted by molar-refractivity contribution is 6.33. The van der Waals surface area contributed by atoms with Gasteiger partial charge in [0.05, 0.1) is 10.6 Å². The standard InChI is InChI=1S/C15H17ClN4O/c1-10-3-2-4-11(7-10)5-6-18-15(21)12-8-13(16)14(20-17)19-9-12/h2-4,7-9H,5-6,17H2,1H3,(H,18,21)(H,19,20). The van der Waals surface area contributed by atoms with E-state index in [-0.39, 0.29) is 5.91 Å². The van der Waals surface area contributed by atoms with Crippen LogP contribution in [0.5, 0.6) is 0 Å². The number of nitrogens with zero attached hydrogens (tertiary/aromatic N) is 1. The first-order valence-electron chi connectivity index (χ1n) is 6.56. The zero-order chi connectivity index (χ0) is 15.2. The van der Waals surface area contributed by atoms with Crippen molar-refractivity contribution in [2.24, 2.45) is 5.84 Å². The predicted octanol–water partition coefficient (Wildman–Crippen LogP) is 2.30. The number of hydrogen-bond acceptors (Lipinski definition) is 4. The lowest BCUT2D eigenvalue weighted by Gasteiger charge is -2.07. The molecule has 2 rings (SSSR count). The Morgan fingerprint density at radius 2 is 2.19 bits per heavy atom. The minimum Gasteiger partial charge on any atom is -0.352 e. The van der Waals surface area contributed by atoms with Crippen LogP contribution in [0.4, 0.5) is 5.82 Å². The average molecular weight is 305 g/mol.